The van der Waals surface area contributed by atoms with Gasteiger partial charge in [0.25, 0.3) is 0 Å². The summed E-state index contributed by atoms with van der Waals surface area (Å²) in [6.07, 6.45) is 1.76. The fraction of sp³-hybridized carbons (Fsp3) is 0.444. The SMILES string of the molecule is Cc1ccnc(OC(C)CN)c1. The summed E-state index contributed by atoms with van der Waals surface area (Å²) in [6.45, 7) is 4.43. The van der Waals surface area contributed by atoms with Gasteiger partial charge in [0.15, 0.2) is 0 Å². The fourth-order valence-electron chi connectivity index (χ4n) is 0.827. The summed E-state index contributed by atoms with van der Waals surface area (Å²) in [7, 11) is 0. The van der Waals surface area contributed by atoms with Crippen molar-refractivity contribution in [2.75, 3.05) is 6.54 Å². The molecule has 1 aromatic heterocycles. The summed E-state index contributed by atoms with van der Waals surface area (Å²) in [4.78, 5) is 4.05. The van der Waals surface area contributed by atoms with Crippen molar-refractivity contribution in [2.45, 2.75) is 20.0 Å². The number of nitrogens with zero attached hydrogens (tertiary/aromatic N) is 1. The van der Waals surface area contributed by atoms with E-state index in [4.69, 9.17) is 10.5 Å². The monoisotopic (exact) mass is 166 g/mol. The van der Waals surface area contributed by atoms with E-state index in [2.05, 4.69) is 4.98 Å². The quantitative estimate of drug-likeness (QED) is 0.731. The highest BCUT2D eigenvalue weighted by Crippen LogP contribution is 2.09. The Morgan fingerprint density at radius 1 is 1.67 bits per heavy atom. The summed E-state index contributed by atoms with van der Waals surface area (Å²) in [5, 5.41) is 0. The van der Waals surface area contributed by atoms with Crippen LogP contribution in [0, 0.1) is 6.92 Å². The Labute approximate surface area is 72.6 Å². The molecular weight excluding hydrogens is 152 g/mol. The third kappa shape index (κ3) is 2.51. The normalized spacial score (nSPS) is 12.6. The van der Waals surface area contributed by atoms with Crippen LogP contribution in [0.3, 0.4) is 0 Å². The van der Waals surface area contributed by atoms with Gasteiger partial charge in [0.2, 0.25) is 5.88 Å². The first-order valence-corrected chi connectivity index (χ1v) is 4.01. The second-order valence-electron chi connectivity index (χ2n) is 2.84. The molecule has 0 saturated heterocycles. The van der Waals surface area contributed by atoms with Crippen molar-refractivity contribution in [3.05, 3.63) is 23.9 Å². The van der Waals surface area contributed by atoms with E-state index in [1.54, 1.807) is 6.20 Å². The molecule has 1 atom stereocenters. The number of nitrogens with two attached hydrogens (primary N) is 1. The molecule has 12 heavy (non-hydrogen) atoms. The highest BCUT2D eigenvalue weighted by Gasteiger charge is 2.01. The van der Waals surface area contributed by atoms with Crippen molar-refractivity contribution in [3.8, 4) is 5.88 Å². The standard InChI is InChI=1S/C9H14N2O/c1-7-3-4-11-9(5-7)12-8(2)6-10/h3-5,8H,6,10H2,1-2H3. The van der Waals surface area contributed by atoms with Gasteiger partial charge in [-0.05, 0) is 25.5 Å². The second-order valence-corrected chi connectivity index (χ2v) is 2.84. The third-order valence-corrected chi connectivity index (χ3v) is 1.54. The predicted molar refractivity (Wildman–Crippen MR) is 48.1 cm³/mol. The number of rotatable bonds is 3. The van der Waals surface area contributed by atoms with Crippen LogP contribution < -0.4 is 10.5 Å². The Bertz CT molecular complexity index is 250. The summed E-state index contributed by atoms with van der Waals surface area (Å²) < 4.78 is 5.41. The maximum Gasteiger partial charge on any atom is 0.213 e. The Balaban J connectivity index is 2.63. The molecule has 1 heterocycles. The van der Waals surface area contributed by atoms with Gasteiger partial charge in [-0.15, -0.1) is 0 Å². The molecule has 66 valence electrons. The van der Waals surface area contributed by atoms with Crippen molar-refractivity contribution in [1.29, 1.82) is 0 Å². The lowest BCUT2D eigenvalue weighted by molar-refractivity contribution is 0.220. The first-order chi connectivity index (χ1) is 5.72. The number of aryl methyl sites for hydroxylation is 1. The van der Waals surface area contributed by atoms with Crippen LogP contribution in [0.1, 0.15) is 12.5 Å². The van der Waals surface area contributed by atoms with Crippen molar-refractivity contribution < 1.29 is 4.74 Å². The largest absolute Gasteiger partial charge is 0.473 e. The van der Waals surface area contributed by atoms with Crippen LogP contribution in [-0.4, -0.2) is 17.6 Å². The Morgan fingerprint density at radius 3 is 3.00 bits per heavy atom. The zero-order valence-electron chi connectivity index (χ0n) is 7.45. The van der Waals surface area contributed by atoms with Gasteiger partial charge in [0.1, 0.15) is 6.10 Å². The smallest absolute Gasteiger partial charge is 0.213 e. The van der Waals surface area contributed by atoms with Crippen LogP contribution in [0.4, 0.5) is 0 Å². The highest BCUT2D eigenvalue weighted by molar-refractivity contribution is 5.18. The topological polar surface area (TPSA) is 48.1 Å². The summed E-state index contributed by atoms with van der Waals surface area (Å²) in [5.74, 6) is 0.646. The first kappa shape index (κ1) is 9.00. The minimum Gasteiger partial charge on any atom is -0.473 e. The maximum absolute atomic E-state index is 5.41. The zero-order valence-corrected chi connectivity index (χ0v) is 7.45. The first-order valence-electron chi connectivity index (χ1n) is 4.01. The minimum atomic E-state index is 0.0271. The number of ether oxygens (including phenoxy) is 1. The maximum atomic E-state index is 5.41. The molecule has 0 aromatic carbocycles. The summed E-state index contributed by atoms with van der Waals surface area (Å²) in [5.41, 5.74) is 6.55. The lowest BCUT2D eigenvalue weighted by atomic mass is 10.3. The van der Waals surface area contributed by atoms with E-state index in [0.29, 0.717) is 12.4 Å². The average Bonchev–Trinajstić information content (AvgIpc) is 2.04. The molecule has 1 unspecified atom stereocenters. The van der Waals surface area contributed by atoms with Crippen LogP contribution in [0.5, 0.6) is 5.88 Å². The number of pyridine rings is 1. The predicted octanol–water partition coefficient (Wildman–Crippen LogP) is 1.12. The lowest BCUT2D eigenvalue weighted by Crippen LogP contribution is -2.23. The molecule has 0 aliphatic rings. The molecule has 0 saturated carbocycles. The van der Waals surface area contributed by atoms with E-state index in [1.807, 2.05) is 26.0 Å². The third-order valence-electron chi connectivity index (χ3n) is 1.54. The Morgan fingerprint density at radius 2 is 2.42 bits per heavy atom. The molecule has 1 rings (SSSR count). The Kier molecular flexibility index (Phi) is 3.05. The van der Waals surface area contributed by atoms with Crippen molar-refractivity contribution in [3.63, 3.8) is 0 Å². The van der Waals surface area contributed by atoms with Crippen molar-refractivity contribution in [2.24, 2.45) is 5.73 Å². The molecule has 1 aromatic rings. The van der Waals surface area contributed by atoms with Crippen LogP contribution in [0.15, 0.2) is 18.3 Å². The van der Waals surface area contributed by atoms with E-state index in [1.165, 1.54) is 0 Å². The summed E-state index contributed by atoms with van der Waals surface area (Å²) in [6, 6.07) is 3.83. The van der Waals surface area contributed by atoms with E-state index in [0.717, 1.165) is 5.56 Å². The van der Waals surface area contributed by atoms with E-state index in [9.17, 15) is 0 Å². The zero-order chi connectivity index (χ0) is 8.97. The van der Waals surface area contributed by atoms with E-state index in [-0.39, 0.29) is 6.10 Å². The van der Waals surface area contributed by atoms with Gasteiger partial charge in [-0.25, -0.2) is 4.98 Å². The van der Waals surface area contributed by atoms with Gasteiger partial charge in [-0.3, -0.25) is 0 Å². The molecule has 0 spiro atoms. The minimum absolute atomic E-state index is 0.0271. The van der Waals surface area contributed by atoms with Gasteiger partial charge in [0.05, 0.1) is 0 Å². The van der Waals surface area contributed by atoms with Crippen LogP contribution >= 0.6 is 0 Å². The van der Waals surface area contributed by atoms with Crippen LogP contribution in [0.25, 0.3) is 0 Å². The molecule has 0 aliphatic heterocycles. The van der Waals surface area contributed by atoms with Crippen molar-refractivity contribution >= 4 is 0 Å². The van der Waals surface area contributed by atoms with Crippen LogP contribution in [-0.2, 0) is 0 Å². The van der Waals surface area contributed by atoms with E-state index < -0.39 is 0 Å². The lowest BCUT2D eigenvalue weighted by Gasteiger charge is -2.10. The van der Waals surface area contributed by atoms with Gasteiger partial charge in [-0.2, -0.15) is 0 Å². The summed E-state index contributed by atoms with van der Waals surface area (Å²) >= 11 is 0. The number of aromatic nitrogens is 1. The van der Waals surface area contributed by atoms with Gasteiger partial charge in [0, 0.05) is 18.8 Å². The second kappa shape index (κ2) is 4.07. The molecule has 2 N–H and O–H groups in total. The molecule has 3 nitrogen and oxygen atoms in total. The number of hydrogen-bond acceptors (Lipinski definition) is 3. The molecule has 0 radical (unpaired) electrons. The highest BCUT2D eigenvalue weighted by atomic mass is 16.5. The molecule has 0 amide bonds. The van der Waals surface area contributed by atoms with E-state index >= 15 is 0 Å². The Hall–Kier alpha value is -1.09. The van der Waals surface area contributed by atoms with Gasteiger partial charge < -0.3 is 10.5 Å². The molecular formula is C9H14N2O. The van der Waals surface area contributed by atoms with Gasteiger partial charge >= 0.3 is 0 Å². The molecule has 0 bridgehead atoms. The van der Waals surface area contributed by atoms with Gasteiger partial charge in [-0.1, -0.05) is 0 Å². The van der Waals surface area contributed by atoms with Crippen molar-refractivity contribution in [1.82, 2.24) is 4.98 Å². The average molecular weight is 166 g/mol. The molecule has 0 fully saturated rings. The van der Waals surface area contributed by atoms with Crippen LogP contribution in [0.2, 0.25) is 0 Å². The number of hydrogen-bond donors (Lipinski definition) is 1. The molecule has 3 heteroatoms. The fourth-order valence-corrected chi connectivity index (χ4v) is 0.827. The molecule has 0 aliphatic carbocycles.